The van der Waals surface area contributed by atoms with Crippen molar-refractivity contribution in [2.24, 2.45) is 0 Å². The van der Waals surface area contributed by atoms with Crippen molar-refractivity contribution in [3.63, 3.8) is 0 Å². The molecule has 1 heterocycles. The highest BCUT2D eigenvalue weighted by atomic mass is 32.1. The Hall–Kier alpha value is -0.350. The zero-order valence-corrected chi connectivity index (χ0v) is 11.6. The third-order valence-corrected chi connectivity index (χ3v) is 4.15. The molecule has 0 bridgehead atoms. The summed E-state index contributed by atoms with van der Waals surface area (Å²) < 4.78 is 5.77. The van der Waals surface area contributed by atoms with Crippen LogP contribution in [0.1, 0.15) is 45.4 Å². The lowest BCUT2D eigenvalue weighted by atomic mass is 10.2. The van der Waals surface area contributed by atoms with Gasteiger partial charge in [0, 0.05) is 25.7 Å². The molecule has 1 atom stereocenters. The minimum atomic E-state index is 0.348. The average molecular weight is 256 g/mol. The lowest BCUT2D eigenvalue weighted by molar-refractivity contribution is 0.0583. The van der Waals surface area contributed by atoms with Gasteiger partial charge in [-0.2, -0.15) is 0 Å². The first kappa shape index (κ1) is 13.1. The van der Waals surface area contributed by atoms with Gasteiger partial charge in [-0.25, -0.2) is 0 Å². The molecule has 4 heteroatoms. The van der Waals surface area contributed by atoms with Gasteiger partial charge in [0.25, 0.3) is 0 Å². The van der Waals surface area contributed by atoms with Crippen LogP contribution >= 0.6 is 12.2 Å². The molecular weight excluding hydrogens is 232 g/mol. The SMILES string of the molecule is CCC1CN(C(=S)NC2CCCC2)CCCO1. The van der Waals surface area contributed by atoms with Gasteiger partial charge in [-0.15, -0.1) is 0 Å². The van der Waals surface area contributed by atoms with Crippen molar-refractivity contribution in [3.8, 4) is 0 Å². The predicted octanol–water partition coefficient (Wildman–Crippen LogP) is 2.30. The highest BCUT2D eigenvalue weighted by Crippen LogP contribution is 2.18. The van der Waals surface area contributed by atoms with Gasteiger partial charge >= 0.3 is 0 Å². The van der Waals surface area contributed by atoms with Gasteiger partial charge in [-0.1, -0.05) is 19.8 Å². The summed E-state index contributed by atoms with van der Waals surface area (Å²) in [5, 5.41) is 4.47. The first-order valence-electron chi connectivity index (χ1n) is 6.96. The van der Waals surface area contributed by atoms with E-state index >= 15 is 0 Å². The maximum atomic E-state index is 5.77. The van der Waals surface area contributed by atoms with E-state index in [1.807, 2.05) is 0 Å². The van der Waals surface area contributed by atoms with Crippen LogP contribution in [0, 0.1) is 0 Å². The molecule has 0 aromatic rings. The quantitative estimate of drug-likeness (QED) is 0.766. The molecule has 17 heavy (non-hydrogen) atoms. The minimum absolute atomic E-state index is 0.348. The Kier molecular flexibility index (Phi) is 5.04. The molecule has 98 valence electrons. The van der Waals surface area contributed by atoms with Crippen LogP contribution in [0.25, 0.3) is 0 Å². The van der Waals surface area contributed by atoms with Crippen molar-refractivity contribution >= 4 is 17.3 Å². The van der Waals surface area contributed by atoms with Crippen LogP contribution in [0.15, 0.2) is 0 Å². The molecule has 1 N–H and O–H groups in total. The highest BCUT2D eigenvalue weighted by Gasteiger charge is 2.22. The van der Waals surface area contributed by atoms with E-state index in [-0.39, 0.29) is 0 Å². The number of ether oxygens (including phenoxy) is 1. The molecule has 2 aliphatic rings. The largest absolute Gasteiger partial charge is 0.376 e. The highest BCUT2D eigenvalue weighted by molar-refractivity contribution is 7.80. The van der Waals surface area contributed by atoms with Crippen molar-refractivity contribution < 1.29 is 4.74 Å². The summed E-state index contributed by atoms with van der Waals surface area (Å²) in [7, 11) is 0. The fourth-order valence-electron chi connectivity index (χ4n) is 2.66. The van der Waals surface area contributed by atoms with Crippen LogP contribution in [-0.4, -0.2) is 41.9 Å². The third-order valence-electron chi connectivity index (χ3n) is 3.78. The van der Waals surface area contributed by atoms with Crippen LogP contribution in [0.4, 0.5) is 0 Å². The maximum Gasteiger partial charge on any atom is 0.169 e. The lowest BCUT2D eigenvalue weighted by Gasteiger charge is -2.28. The summed E-state index contributed by atoms with van der Waals surface area (Å²) in [6.07, 6.45) is 7.76. The fraction of sp³-hybridized carbons (Fsp3) is 0.923. The average Bonchev–Trinajstić information content (AvgIpc) is 2.71. The minimum Gasteiger partial charge on any atom is -0.376 e. The summed E-state index contributed by atoms with van der Waals surface area (Å²) in [5.41, 5.74) is 0. The molecule has 1 saturated heterocycles. The van der Waals surface area contributed by atoms with E-state index in [0.29, 0.717) is 12.1 Å². The first-order valence-corrected chi connectivity index (χ1v) is 7.37. The normalized spacial score (nSPS) is 26.9. The second-order valence-electron chi connectivity index (χ2n) is 5.13. The van der Waals surface area contributed by atoms with E-state index in [0.717, 1.165) is 37.7 Å². The van der Waals surface area contributed by atoms with Gasteiger partial charge in [0.05, 0.1) is 6.10 Å². The molecule has 0 amide bonds. The number of nitrogens with zero attached hydrogens (tertiary/aromatic N) is 1. The van der Waals surface area contributed by atoms with E-state index in [1.54, 1.807) is 0 Å². The van der Waals surface area contributed by atoms with Crippen LogP contribution in [-0.2, 0) is 4.74 Å². The van der Waals surface area contributed by atoms with E-state index in [1.165, 1.54) is 25.7 Å². The maximum absolute atomic E-state index is 5.77. The van der Waals surface area contributed by atoms with E-state index in [9.17, 15) is 0 Å². The van der Waals surface area contributed by atoms with Gasteiger partial charge in [0.15, 0.2) is 5.11 Å². The number of thiocarbonyl (C=S) groups is 1. The molecule has 3 nitrogen and oxygen atoms in total. The Morgan fingerprint density at radius 2 is 2.12 bits per heavy atom. The molecule has 0 aromatic heterocycles. The Bertz CT molecular complexity index is 254. The molecular formula is C13H24N2OS. The van der Waals surface area contributed by atoms with Crippen molar-refractivity contribution in [1.29, 1.82) is 0 Å². The Balaban J connectivity index is 1.83. The van der Waals surface area contributed by atoms with Crippen LogP contribution in [0.2, 0.25) is 0 Å². The summed E-state index contributed by atoms with van der Waals surface area (Å²) in [5.74, 6) is 0. The van der Waals surface area contributed by atoms with Crippen molar-refractivity contribution in [1.82, 2.24) is 10.2 Å². The number of hydrogen-bond acceptors (Lipinski definition) is 2. The van der Waals surface area contributed by atoms with E-state index < -0.39 is 0 Å². The number of rotatable bonds is 2. The van der Waals surface area contributed by atoms with Crippen LogP contribution in [0.3, 0.4) is 0 Å². The fourth-order valence-corrected chi connectivity index (χ4v) is 3.00. The van der Waals surface area contributed by atoms with Gasteiger partial charge in [0.1, 0.15) is 0 Å². The summed E-state index contributed by atoms with van der Waals surface area (Å²) in [4.78, 5) is 2.30. The van der Waals surface area contributed by atoms with E-state index in [2.05, 4.69) is 17.1 Å². The standard InChI is InChI=1S/C13H24N2OS/c1-2-12-10-15(8-5-9-16-12)13(17)14-11-6-3-4-7-11/h11-12H,2-10H2,1H3,(H,14,17). The van der Waals surface area contributed by atoms with Crippen molar-refractivity contribution in [2.45, 2.75) is 57.6 Å². The summed E-state index contributed by atoms with van der Waals surface area (Å²) in [6, 6.07) is 0.617. The zero-order chi connectivity index (χ0) is 12.1. The molecule has 1 aliphatic carbocycles. The molecule has 0 spiro atoms. The summed E-state index contributed by atoms with van der Waals surface area (Å²) >= 11 is 5.53. The Labute approximate surface area is 110 Å². The number of nitrogens with one attached hydrogen (secondary N) is 1. The van der Waals surface area contributed by atoms with Crippen molar-refractivity contribution in [3.05, 3.63) is 0 Å². The van der Waals surface area contributed by atoms with Gasteiger partial charge in [0.2, 0.25) is 0 Å². The second kappa shape index (κ2) is 6.55. The topological polar surface area (TPSA) is 24.5 Å². The third kappa shape index (κ3) is 3.81. The van der Waals surface area contributed by atoms with Crippen LogP contribution in [0.5, 0.6) is 0 Å². The molecule has 1 aliphatic heterocycles. The van der Waals surface area contributed by atoms with Crippen LogP contribution < -0.4 is 5.32 Å². The first-order chi connectivity index (χ1) is 8.29. The Morgan fingerprint density at radius 3 is 2.82 bits per heavy atom. The second-order valence-corrected chi connectivity index (χ2v) is 5.52. The molecule has 1 saturated carbocycles. The molecule has 0 radical (unpaired) electrons. The molecule has 2 fully saturated rings. The van der Waals surface area contributed by atoms with Crippen molar-refractivity contribution in [2.75, 3.05) is 19.7 Å². The molecule has 1 unspecified atom stereocenters. The summed E-state index contributed by atoms with van der Waals surface area (Å²) in [6.45, 7) is 5.05. The smallest absolute Gasteiger partial charge is 0.169 e. The molecule has 0 aromatic carbocycles. The Morgan fingerprint density at radius 1 is 1.35 bits per heavy atom. The van der Waals surface area contributed by atoms with Gasteiger partial charge in [-0.3, -0.25) is 0 Å². The van der Waals surface area contributed by atoms with Gasteiger partial charge < -0.3 is 15.0 Å². The van der Waals surface area contributed by atoms with E-state index in [4.69, 9.17) is 17.0 Å². The zero-order valence-electron chi connectivity index (χ0n) is 10.8. The van der Waals surface area contributed by atoms with Gasteiger partial charge in [-0.05, 0) is 37.9 Å². The predicted molar refractivity (Wildman–Crippen MR) is 74.2 cm³/mol. The number of hydrogen-bond donors (Lipinski definition) is 1. The monoisotopic (exact) mass is 256 g/mol. The molecule has 2 rings (SSSR count). The lowest BCUT2D eigenvalue weighted by Crippen LogP contribution is -2.46.